The second kappa shape index (κ2) is 33.6. The first-order valence-electron chi connectivity index (χ1n) is 18.5. The van der Waals surface area contributed by atoms with Crippen LogP contribution in [-0.2, 0) is 4.79 Å². The fourth-order valence-corrected chi connectivity index (χ4v) is 5.32. The van der Waals surface area contributed by atoms with Gasteiger partial charge in [0.2, 0.25) is 5.91 Å². The minimum Gasteiger partial charge on any atom is -0.394 e. The van der Waals surface area contributed by atoms with Crippen molar-refractivity contribution < 1.29 is 25.2 Å². The molecule has 0 aromatic heterocycles. The second-order valence-electron chi connectivity index (χ2n) is 12.5. The number of allylic oxidation sites excluding steroid dienone is 8. The van der Waals surface area contributed by atoms with Crippen molar-refractivity contribution in [3.8, 4) is 0 Å². The van der Waals surface area contributed by atoms with E-state index in [-0.39, 0.29) is 0 Å². The van der Waals surface area contributed by atoms with E-state index in [1.54, 1.807) is 0 Å². The molecule has 0 spiro atoms. The third-order valence-corrected chi connectivity index (χ3v) is 8.31. The van der Waals surface area contributed by atoms with Crippen molar-refractivity contribution >= 4 is 5.91 Å². The number of hydrogen-bond acceptors (Lipinski definition) is 5. The van der Waals surface area contributed by atoms with Crippen LogP contribution in [0, 0.1) is 0 Å². The average Bonchev–Trinajstić information content (AvgIpc) is 3.04. The summed E-state index contributed by atoms with van der Waals surface area (Å²) in [5.74, 6) is -0.612. The normalized spacial score (nSPS) is 15.1. The number of carbonyl (C=O) groups excluding carboxylic acids is 1. The van der Waals surface area contributed by atoms with E-state index < -0.39 is 36.9 Å². The summed E-state index contributed by atoms with van der Waals surface area (Å²) in [5, 5.41) is 43.3. The van der Waals surface area contributed by atoms with Crippen LogP contribution in [0.4, 0.5) is 0 Å². The summed E-state index contributed by atoms with van der Waals surface area (Å²) >= 11 is 0. The Labute approximate surface area is 277 Å². The van der Waals surface area contributed by atoms with Gasteiger partial charge in [-0.25, -0.2) is 0 Å². The molecule has 0 rings (SSSR count). The Morgan fingerprint density at radius 2 is 1.02 bits per heavy atom. The molecule has 4 atom stereocenters. The lowest BCUT2D eigenvalue weighted by Crippen LogP contribution is -2.53. The molecule has 45 heavy (non-hydrogen) atoms. The Bertz CT molecular complexity index is 763. The van der Waals surface area contributed by atoms with Crippen molar-refractivity contribution in [2.75, 3.05) is 6.61 Å². The van der Waals surface area contributed by atoms with E-state index in [1.165, 1.54) is 64.2 Å². The van der Waals surface area contributed by atoms with E-state index in [1.807, 2.05) is 6.92 Å². The summed E-state index contributed by atoms with van der Waals surface area (Å²) < 4.78 is 0. The van der Waals surface area contributed by atoms with Crippen LogP contribution in [0.25, 0.3) is 0 Å². The molecule has 0 saturated heterocycles. The summed E-state index contributed by atoms with van der Waals surface area (Å²) in [6, 6.07) is -1.01. The lowest BCUT2D eigenvalue weighted by molar-refractivity contribution is -0.132. The van der Waals surface area contributed by atoms with E-state index in [9.17, 15) is 25.2 Å². The molecular weight excluding hydrogens is 562 g/mol. The zero-order valence-electron chi connectivity index (χ0n) is 29.1. The second-order valence-corrected chi connectivity index (χ2v) is 12.5. The molecule has 5 N–H and O–H groups in total. The predicted molar refractivity (Wildman–Crippen MR) is 191 cm³/mol. The smallest absolute Gasteiger partial charge is 0.249 e. The van der Waals surface area contributed by atoms with Crippen LogP contribution in [0.2, 0.25) is 0 Å². The minimum absolute atomic E-state index is 0.343. The molecule has 6 nitrogen and oxygen atoms in total. The van der Waals surface area contributed by atoms with Crippen LogP contribution >= 0.6 is 0 Å². The number of aliphatic hydroxyl groups excluding tert-OH is 4. The Hall–Kier alpha value is -1.73. The zero-order chi connectivity index (χ0) is 33.2. The van der Waals surface area contributed by atoms with E-state index in [4.69, 9.17) is 0 Å². The fourth-order valence-electron chi connectivity index (χ4n) is 5.32. The van der Waals surface area contributed by atoms with Gasteiger partial charge in [-0.2, -0.15) is 0 Å². The maximum Gasteiger partial charge on any atom is 0.249 e. The average molecular weight is 634 g/mol. The standard InChI is InChI=1S/C39H71NO5/c1-3-5-7-9-11-13-15-17-18-19-20-21-23-25-27-29-31-33-37(43)39(45)40-35(34-41)38(44)36(42)32-30-28-26-24-22-16-14-12-10-8-6-4-2/h4,6,12,14,20-21,24,26,35-38,41-44H,3,5,7-11,13,15-19,22-23,25,27-34H2,1-2H3,(H,40,45)/b6-4+,14-12+,21-20-,26-24+. The molecule has 0 aliphatic rings. The Morgan fingerprint density at radius 3 is 1.53 bits per heavy atom. The van der Waals surface area contributed by atoms with E-state index in [2.05, 4.69) is 60.8 Å². The summed E-state index contributed by atoms with van der Waals surface area (Å²) in [5.41, 5.74) is 0. The van der Waals surface area contributed by atoms with Crippen LogP contribution in [0.1, 0.15) is 162 Å². The molecule has 0 aliphatic heterocycles. The summed E-state index contributed by atoms with van der Waals surface area (Å²) in [6.45, 7) is 3.79. The first kappa shape index (κ1) is 43.3. The van der Waals surface area contributed by atoms with Crippen LogP contribution in [-0.4, -0.2) is 57.3 Å². The summed E-state index contributed by atoms with van der Waals surface area (Å²) in [6.07, 6.45) is 38.6. The van der Waals surface area contributed by atoms with Gasteiger partial charge >= 0.3 is 0 Å². The molecular formula is C39H71NO5. The fraction of sp³-hybridized carbons (Fsp3) is 0.769. The van der Waals surface area contributed by atoms with Crippen molar-refractivity contribution in [3.63, 3.8) is 0 Å². The van der Waals surface area contributed by atoms with Crippen molar-refractivity contribution in [2.45, 2.75) is 186 Å². The molecule has 262 valence electrons. The van der Waals surface area contributed by atoms with Crippen molar-refractivity contribution in [1.82, 2.24) is 5.32 Å². The van der Waals surface area contributed by atoms with Gasteiger partial charge in [0.25, 0.3) is 0 Å². The molecule has 6 heteroatoms. The SMILES string of the molecule is C/C=C/CC/C=C/CC/C=C/CCCC(O)C(O)C(CO)NC(=O)C(O)CCCCCC/C=C\CCCCCCCCCCC. The van der Waals surface area contributed by atoms with Crippen LogP contribution in [0.15, 0.2) is 48.6 Å². The van der Waals surface area contributed by atoms with Crippen molar-refractivity contribution in [1.29, 1.82) is 0 Å². The molecule has 0 fully saturated rings. The summed E-state index contributed by atoms with van der Waals surface area (Å²) in [7, 11) is 0. The van der Waals surface area contributed by atoms with Gasteiger partial charge in [-0.15, -0.1) is 0 Å². The van der Waals surface area contributed by atoms with E-state index in [0.717, 1.165) is 64.2 Å². The van der Waals surface area contributed by atoms with Gasteiger partial charge in [-0.3, -0.25) is 4.79 Å². The molecule has 0 aromatic carbocycles. The highest BCUT2D eigenvalue weighted by Crippen LogP contribution is 2.13. The number of unbranched alkanes of at least 4 members (excludes halogenated alkanes) is 16. The van der Waals surface area contributed by atoms with Crippen LogP contribution < -0.4 is 5.32 Å². The van der Waals surface area contributed by atoms with Gasteiger partial charge in [0, 0.05) is 0 Å². The first-order chi connectivity index (χ1) is 22.0. The van der Waals surface area contributed by atoms with Crippen molar-refractivity contribution in [3.05, 3.63) is 48.6 Å². The largest absolute Gasteiger partial charge is 0.394 e. The van der Waals surface area contributed by atoms with Crippen molar-refractivity contribution in [2.24, 2.45) is 0 Å². The summed E-state index contributed by atoms with van der Waals surface area (Å²) in [4.78, 5) is 12.4. The van der Waals surface area contributed by atoms with E-state index in [0.29, 0.717) is 19.3 Å². The predicted octanol–water partition coefficient (Wildman–Crippen LogP) is 8.78. The van der Waals surface area contributed by atoms with Gasteiger partial charge in [-0.1, -0.05) is 126 Å². The Balaban J connectivity index is 3.89. The highest BCUT2D eigenvalue weighted by Gasteiger charge is 2.28. The lowest BCUT2D eigenvalue weighted by Gasteiger charge is -2.27. The molecule has 0 radical (unpaired) electrons. The number of carbonyl (C=O) groups is 1. The molecule has 4 unspecified atom stereocenters. The molecule has 0 heterocycles. The molecule has 0 aliphatic carbocycles. The molecule has 1 amide bonds. The Kier molecular flexibility index (Phi) is 32.3. The maximum absolute atomic E-state index is 12.4. The highest BCUT2D eigenvalue weighted by atomic mass is 16.3. The van der Waals surface area contributed by atoms with Gasteiger partial charge in [0.05, 0.1) is 18.8 Å². The maximum atomic E-state index is 12.4. The van der Waals surface area contributed by atoms with Gasteiger partial charge < -0.3 is 25.7 Å². The highest BCUT2D eigenvalue weighted by molar-refractivity contribution is 5.80. The number of aliphatic hydroxyl groups is 4. The minimum atomic E-state index is -1.30. The number of rotatable bonds is 32. The van der Waals surface area contributed by atoms with Gasteiger partial charge in [0.15, 0.2) is 0 Å². The van der Waals surface area contributed by atoms with Gasteiger partial charge in [-0.05, 0) is 84.0 Å². The lowest BCUT2D eigenvalue weighted by atomic mass is 10.00. The number of hydrogen-bond donors (Lipinski definition) is 5. The van der Waals surface area contributed by atoms with Crippen LogP contribution in [0.5, 0.6) is 0 Å². The molecule has 0 aromatic rings. The topological polar surface area (TPSA) is 110 Å². The number of nitrogens with one attached hydrogen (secondary N) is 1. The molecule has 0 bridgehead atoms. The molecule has 0 saturated carbocycles. The van der Waals surface area contributed by atoms with Crippen LogP contribution in [0.3, 0.4) is 0 Å². The van der Waals surface area contributed by atoms with Gasteiger partial charge in [0.1, 0.15) is 12.2 Å². The zero-order valence-corrected chi connectivity index (χ0v) is 29.1. The third-order valence-electron chi connectivity index (χ3n) is 8.31. The third kappa shape index (κ3) is 28.2. The quantitative estimate of drug-likeness (QED) is 0.0376. The van der Waals surface area contributed by atoms with E-state index >= 15 is 0 Å². The first-order valence-corrected chi connectivity index (χ1v) is 18.5. The number of amides is 1. The Morgan fingerprint density at radius 1 is 0.578 bits per heavy atom. The monoisotopic (exact) mass is 634 g/mol.